The molecule has 12 aromatic carbocycles. The molecule has 0 radical (unpaired) electrons. The number of piperazine rings is 3. The molecule has 5 aliphatic rings. The molecule has 0 spiro atoms. The minimum atomic E-state index is -1.01. The Kier molecular flexibility index (Phi) is 20.2. The first kappa shape index (κ1) is 67.1. The summed E-state index contributed by atoms with van der Waals surface area (Å²) in [6.07, 6.45) is 3.76. The minimum absolute atomic E-state index is 0.0629. The number of hydrogen-bond acceptors (Lipinski definition) is 2. The van der Waals surface area contributed by atoms with Crippen LogP contribution in [0.4, 0.5) is 0 Å². The second-order valence-corrected chi connectivity index (χ2v) is 39.2. The molecule has 2 saturated carbocycles. The van der Waals surface area contributed by atoms with Gasteiger partial charge in [-0.1, -0.05) is 392 Å². The predicted octanol–water partition coefficient (Wildman–Crippen LogP) is 19.0. The maximum absolute atomic E-state index is 2.87. The molecule has 99 heavy (non-hydrogen) atoms. The molecule has 0 amide bonds. The van der Waals surface area contributed by atoms with Crippen LogP contribution in [0.3, 0.4) is 0 Å². The van der Waals surface area contributed by atoms with Gasteiger partial charge in [-0.05, 0) is 139 Å². The summed E-state index contributed by atoms with van der Waals surface area (Å²) < 4.78 is 0. The van der Waals surface area contributed by atoms with Crippen molar-refractivity contribution in [3.63, 3.8) is 0 Å². The van der Waals surface area contributed by atoms with Crippen LogP contribution in [0.1, 0.15) is 69.2 Å². The summed E-state index contributed by atoms with van der Waals surface area (Å²) >= 11 is 0. The van der Waals surface area contributed by atoms with E-state index in [4.69, 9.17) is 0 Å². The van der Waals surface area contributed by atoms with Crippen LogP contribution in [0, 0.1) is 23.7 Å². The zero-order valence-corrected chi connectivity index (χ0v) is 61.3. The molecule has 2 unspecified atom stereocenters. The first-order valence-electron chi connectivity index (χ1n) is 36.0. The highest BCUT2D eigenvalue weighted by molar-refractivity contribution is 7.75. The van der Waals surface area contributed by atoms with Gasteiger partial charge in [0.2, 0.25) is 0 Å². The van der Waals surface area contributed by atoms with Crippen LogP contribution in [0.15, 0.2) is 364 Å². The molecule has 12 aromatic rings. The SMILES string of the molecule is CC(C)([C@@H]1[C@@H](C(C)(C)P(c2ccccc2)c2ccccc2)N2CCN1CC2)P(c1ccccc1)c1ccccc1.c1ccc(P(c2ccccc2)C(c2ccccc2)(c2ccccc2)[C@H]2C3CCC(C3)[C@@H]2C(c2ccccc2)(c2ccccc2)P(c2ccccc2)c2ccccc2)cc1. The minimum Gasteiger partial charge on any atom is -0.295 e. The van der Waals surface area contributed by atoms with E-state index >= 15 is 0 Å². The van der Waals surface area contributed by atoms with E-state index in [1.54, 1.807) is 0 Å². The molecule has 5 fully saturated rings. The van der Waals surface area contributed by atoms with Crippen molar-refractivity contribution in [2.45, 2.75) is 79.7 Å². The molecular weight excluding hydrogens is 1270 g/mol. The largest absolute Gasteiger partial charge is 0.295 e. The van der Waals surface area contributed by atoms with Gasteiger partial charge < -0.3 is 0 Å². The third kappa shape index (κ3) is 12.7. The second-order valence-electron chi connectivity index (χ2n) is 28.7. The normalized spacial score (nSPS) is 20.6. The van der Waals surface area contributed by atoms with Crippen molar-refractivity contribution in [2.75, 3.05) is 26.2 Å². The molecule has 0 N–H and O–H groups in total. The van der Waals surface area contributed by atoms with Gasteiger partial charge in [0.1, 0.15) is 0 Å². The van der Waals surface area contributed by atoms with Gasteiger partial charge in [-0.2, -0.15) is 0 Å². The van der Waals surface area contributed by atoms with Crippen LogP contribution in [0.25, 0.3) is 0 Å². The standard InChI is InChI=1S/C57H50P2.C36H42N2P2/c1-9-25-46(26-10-1)56(47-27-11-2-12-28-47,58(50-33-17-5-18-34-50)51-35-19-6-20-36-51)54-44-41-42-45(43-44)55(54)57(48-29-13-3-14-30-48,49-31-15-4-16-32-49)59(52-37-21-7-22-38-52)53-39-23-8-24-40-53;1-35(2,39(29-17-9-5-10-18-29)30-19-11-6-12-20-30)33-34(38-27-25-37(33)26-28-38)36(3,4)40(31-21-13-7-14-22-31)32-23-15-8-16-24-32/h1-40,44-45,54-55H,41-43H2;5-24,33-34H,25-28H2,1-4H3/t44?,45?,54-,55-;33-,34-/m00/s1. The second kappa shape index (κ2) is 29.8. The molecule has 17 rings (SSSR count). The fourth-order valence-electron chi connectivity index (χ4n) is 19.2. The van der Waals surface area contributed by atoms with Crippen LogP contribution in [0.2, 0.25) is 0 Å². The third-order valence-corrected chi connectivity index (χ3v) is 35.0. The highest BCUT2D eigenvalue weighted by atomic mass is 31.1. The summed E-state index contributed by atoms with van der Waals surface area (Å²) in [5, 5.41) is 11.1. The molecule has 2 aliphatic carbocycles. The molecular formula is C93H92N2P4. The molecule has 0 aromatic heterocycles. The zero-order chi connectivity index (χ0) is 67.2. The molecule has 3 heterocycles. The summed E-state index contributed by atoms with van der Waals surface area (Å²) in [5.74, 6) is 1.68. The van der Waals surface area contributed by atoms with Gasteiger partial charge >= 0.3 is 0 Å². The van der Waals surface area contributed by atoms with E-state index in [1.807, 2.05) is 0 Å². The number of benzene rings is 12. The van der Waals surface area contributed by atoms with Crippen LogP contribution in [-0.2, 0) is 10.3 Å². The lowest BCUT2D eigenvalue weighted by atomic mass is 9.60. The monoisotopic (exact) mass is 1360 g/mol. The summed E-state index contributed by atoms with van der Waals surface area (Å²) in [6, 6.07) is 140. The van der Waals surface area contributed by atoms with E-state index < -0.39 is 31.7 Å². The van der Waals surface area contributed by atoms with Crippen molar-refractivity contribution in [3.8, 4) is 0 Å². The fraction of sp³-hybridized carbons (Fsp3) is 0.226. The fourth-order valence-corrected chi connectivity index (χ4v) is 32.5. The summed E-state index contributed by atoms with van der Waals surface area (Å²) in [6.45, 7) is 15.0. The van der Waals surface area contributed by atoms with Crippen LogP contribution in [0.5, 0.6) is 0 Å². The third-order valence-electron chi connectivity index (χ3n) is 22.6. The maximum Gasteiger partial charge on any atom is 0.0517 e. The van der Waals surface area contributed by atoms with Gasteiger partial charge in [0, 0.05) is 48.6 Å². The van der Waals surface area contributed by atoms with Gasteiger partial charge in [0.15, 0.2) is 0 Å². The number of hydrogen-bond donors (Lipinski definition) is 0. The van der Waals surface area contributed by atoms with E-state index in [0.717, 1.165) is 0 Å². The molecule has 6 atom stereocenters. The highest BCUT2D eigenvalue weighted by Crippen LogP contribution is 2.78. The molecule has 3 aliphatic heterocycles. The Hall–Kier alpha value is -7.72. The Bertz CT molecular complexity index is 3930. The Morgan fingerprint density at radius 3 is 0.596 bits per heavy atom. The summed E-state index contributed by atoms with van der Waals surface area (Å²) in [4.78, 5) is 5.74. The van der Waals surface area contributed by atoms with Gasteiger partial charge in [-0.15, -0.1) is 0 Å². The van der Waals surface area contributed by atoms with Crippen molar-refractivity contribution in [3.05, 3.63) is 386 Å². The average Bonchev–Trinajstić information content (AvgIpc) is 1.62. The van der Waals surface area contributed by atoms with E-state index in [2.05, 4.69) is 401 Å². The van der Waals surface area contributed by atoms with Gasteiger partial charge in [-0.3, -0.25) is 9.80 Å². The maximum atomic E-state index is 2.87. The smallest absolute Gasteiger partial charge is 0.0517 e. The molecule has 4 bridgehead atoms. The van der Waals surface area contributed by atoms with E-state index in [0.29, 0.717) is 35.8 Å². The molecule has 6 heteroatoms. The van der Waals surface area contributed by atoms with E-state index in [9.17, 15) is 0 Å². The van der Waals surface area contributed by atoms with Crippen molar-refractivity contribution in [1.82, 2.24) is 9.80 Å². The Labute approximate surface area is 595 Å². The van der Waals surface area contributed by atoms with Crippen molar-refractivity contribution < 1.29 is 0 Å². The Morgan fingerprint density at radius 1 is 0.232 bits per heavy atom. The molecule has 2 nitrogen and oxygen atoms in total. The highest BCUT2D eigenvalue weighted by Gasteiger charge is 2.68. The lowest BCUT2D eigenvalue weighted by molar-refractivity contribution is -0.0597. The Balaban J connectivity index is 0.000000174. The lowest BCUT2D eigenvalue weighted by Gasteiger charge is -2.64. The quantitative estimate of drug-likeness (QED) is 0.0702. The lowest BCUT2D eigenvalue weighted by Crippen LogP contribution is -2.76. The van der Waals surface area contributed by atoms with Gasteiger partial charge in [0.05, 0.1) is 10.3 Å². The zero-order valence-electron chi connectivity index (χ0n) is 57.7. The first-order valence-corrected chi connectivity index (χ1v) is 41.4. The van der Waals surface area contributed by atoms with E-state index in [1.165, 1.54) is 110 Å². The average molecular weight is 1360 g/mol. The predicted molar refractivity (Wildman–Crippen MR) is 430 cm³/mol. The molecule has 494 valence electrons. The van der Waals surface area contributed by atoms with Crippen molar-refractivity contribution >= 4 is 74.1 Å². The molecule has 3 saturated heterocycles. The van der Waals surface area contributed by atoms with Crippen molar-refractivity contribution in [1.29, 1.82) is 0 Å². The summed E-state index contributed by atoms with van der Waals surface area (Å²) in [5.41, 5.74) is 5.75. The number of rotatable bonds is 20. The topological polar surface area (TPSA) is 6.48 Å². The number of nitrogens with zero attached hydrogens (tertiary/aromatic N) is 2. The van der Waals surface area contributed by atoms with Crippen LogP contribution in [-0.4, -0.2) is 58.4 Å². The number of fused-ring (bicyclic) bond motifs is 5. The summed E-state index contributed by atoms with van der Waals surface area (Å²) in [7, 11) is -3.20. The van der Waals surface area contributed by atoms with Gasteiger partial charge in [0.25, 0.3) is 0 Å². The van der Waals surface area contributed by atoms with Crippen LogP contribution >= 0.6 is 31.7 Å². The first-order chi connectivity index (χ1) is 48.7. The van der Waals surface area contributed by atoms with Crippen molar-refractivity contribution in [2.24, 2.45) is 23.7 Å². The van der Waals surface area contributed by atoms with Crippen LogP contribution < -0.4 is 42.4 Å². The van der Waals surface area contributed by atoms with E-state index in [-0.39, 0.29) is 20.6 Å². The van der Waals surface area contributed by atoms with Gasteiger partial charge in [-0.25, -0.2) is 0 Å². The Morgan fingerprint density at radius 2 is 0.404 bits per heavy atom.